The molecule has 5 rings (SSSR count). The molecule has 1 saturated heterocycles. The lowest BCUT2D eigenvalue weighted by Gasteiger charge is -2.36. The van der Waals surface area contributed by atoms with Crippen LogP contribution in [0.25, 0.3) is 21.8 Å². The van der Waals surface area contributed by atoms with E-state index in [2.05, 4.69) is 31.3 Å². The zero-order valence-corrected chi connectivity index (χ0v) is 19.9. The summed E-state index contributed by atoms with van der Waals surface area (Å²) in [6.07, 6.45) is 2.50. The van der Waals surface area contributed by atoms with Crippen LogP contribution in [-0.4, -0.2) is 71.9 Å². The Kier molecular flexibility index (Phi) is 6.67. The second-order valence-corrected chi connectivity index (χ2v) is 8.77. The first-order chi connectivity index (χ1) is 17.1. The first-order valence-corrected chi connectivity index (χ1v) is 12.0. The van der Waals surface area contributed by atoms with Crippen molar-refractivity contribution in [3.05, 3.63) is 65.1 Å². The highest BCUT2D eigenvalue weighted by Gasteiger charge is 2.19. The number of aromatic nitrogens is 3. The summed E-state index contributed by atoms with van der Waals surface area (Å²) in [5, 5.41) is 8.86. The number of carbonyl (C=O) groups excluding carboxylic acids is 1. The molecule has 0 atom stereocenters. The Labute approximate surface area is 203 Å². The third kappa shape index (κ3) is 4.85. The second kappa shape index (κ2) is 10.2. The van der Waals surface area contributed by atoms with Gasteiger partial charge in [0.2, 0.25) is 5.91 Å². The van der Waals surface area contributed by atoms with Gasteiger partial charge in [0.1, 0.15) is 17.8 Å². The highest BCUT2D eigenvalue weighted by molar-refractivity contribution is 6.06. The summed E-state index contributed by atoms with van der Waals surface area (Å²) in [6.45, 7) is 5.21. The number of hydrogen-bond acceptors (Lipinski definition) is 6. The number of nitrogens with one attached hydrogen (secondary N) is 2. The molecule has 0 saturated carbocycles. The van der Waals surface area contributed by atoms with Crippen molar-refractivity contribution in [1.29, 1.82) is 0 Å². The first-order valence-electron chi connectivity index (χ1n) is 12.0. The van der Waals surface area contributed by atoms with E-state index in [1.54, 1.807) is 13.3 Å². The maximum Gasteiger partial charge on any atom is 0.291 e. The summed E-state index contributed by atoms with van der Waals surface area (Å²) >= 11 is 0. The first kappa shape index (κ1) is 22.9. The van der Waals surface area contributed by atoms with Gasteiger partial charge < -0.3 is 19.9 Å². The van der Waals surface area contributed by atoms with Crippen LogP contribution in [-0.2, 0) is 11.3 Å². The van der Waals surface area contributed by atoms with Crippen molar-refractivity contribution in [2.75, 3.05) is 51.3 Å². The van der Waals surface area contributed by atoms with E-state index in [9.17, 15) is 9.59 Å². The van der Waals surface area contributed by atoms with E-state index < -0.39 is 0 Å². The van der Waals surface area contributed by atoms with Gasteiger partial charge in [0.25, 0.3) is 5.56 Å². The van der Waals surface area contributed by atoms with E-state index >= 15 is 0 Å². The lowest BCUT2D eigenvalue weighted by molar-refractivity contribution is -0.121. The van der Waals surface area contributed by atoms with Crippen LogP contribution in [0, 0.1) is 0 Å². The molecule has 0 aliphatic carbocycles. The number of aromatic amines is 1. The minimum Gasteiger partial charge on any atom is -0.495 e. The summed E-state index contributed by atoms with van der Waals surface area (Å²) in [4.78, 5) is 33.2. The Morgan fingerprint density at radius 3 is 2.66 bits per heavy atom. The molecule has 182 valence electrons. The molecule has 2 aromatic heterocycles. The van der Waals surface area contributed by atoms with Crippen LogP contribution in [0.2, 0.25) is 0 Å². The zero-order valence-electron chi connectivity index (χ0n) is 19.9. The number of anilines is 1. The fourth-order valence-electron chi connectivity index (χ4n) is 4.71. The van der Waals surface area contributed by atoms with Gasteiger partial charge in [0.05, 0.1) is 19.0 Å². The van der Waals surface area contributed by atoms with Crippen LogP contribution in [0.15, 0.2) is 59.5 Å². The number of carbonyl (C=O) groups is 1. The molecule has 9 nitrogen and oxygen atoms in total. The number of amides is 1. The molecule has 2 aromatic carbocycles. The summed E-state index contributed by atoms with van der Waals surface area (Å²) in [5.74, 6) is 0.692. The van der Waals surface area contributed by atoms with Gasteiger partial charge in [-0.25, -0.2) is 4.68 Å². The number of nitrogens with zero attached hydrogens (tertiary/aromatic N) is 4. The lowest BCUT2D eigenvalue weighted by Crippen LogP contribution is -2.47. The fourth-order valence-corrected chi connectivity index (χ4v) is 4.71. The van der Waals surface area contributed by atoms with Crippen molar-refractivity contribution in [1.82, 2.24) is 25.0 Å². The molecule has 1 aliphatic heterocycles. The Hall–Kier alpha value is -3.85. The summed E-state index contributed by atoms with van der Waals surface area (Å²) in [6, 6.07) is 15.8. The molecule has 1 aliphatic rings. The highest BCUT2D eigenvalue weighted by Crippen LogP contribution is 2.28. The number of para-hydroxylation sites is 3. The number of rotatable bonds is 8. The van der Waals surface area contributed by atoms with Gasteiger partial charge in [-0.1, -0.05) is 30.3 Å². The van der Waals surface area contributed by atoms with E-state index in [4.69, 9.17) is 4.74 Å². The molecule has 0 unspecified atom stereocenters. The Balaban J connectivity index is 1.08. The van der Waals surface area contributed by atoms with E-state index in [1.165, 1.54) is 4.68 Å². The minimum absolute atomic E-state index is 0.0955. The van der Waals surface area contributed by atoms with Gasteiger partial charge in [-0.2, -0.15) is 5.10 Å². The largest absolute Gasteiger partial charge is 0.495 e. The number of ether oxygens (including phenoxy) is 1. The van der Waals surface area contributed by atoms with Gasteiger partial charge in [-0.3, -0.25) is 14.5 Å². The van der Waals surface area contributed by atoms with Crippen LogP contribution in [0.4, 0.5) is 5.69 Å². The van der Waals surface area contributed by atoms with E-state index in [1.807, 2.05) is 42.5 Å². The maximum absolute atomic E-state index is 12.8. The molecule has 4 aromatic rings. The molecular formula is C26H30N6O3. The average Bonchev–Trinajstić information content (AvgIpc) is 3.28. The van der Waals surface area contributed by atoms with Gasteiger partial charge in [0.15, 0.2) is 0 Å². The molecule has 3 heterocycles. The Morgan fingerprint density at radius 2 is 1.83 bits per heavy atom. The van der Waals surface area contributed by atoms with Crippen molar-refractivity contribution in [2.45, 2.75) is 13.0 Å². The van der Waals surface area contributed by atoms with Crippen molar-refractivity contribution in [3.63, 3.8) is 0 Å². The van der Waals surface area contributed by atoms with Crippen LogP contribution in [0.5, 0.6) is 5.75 Å². The number of fused-ring (bicyclic) bond motifs is 3. The number of piperazine rings is 1. The summed E-state index contributed by atoms with van der Waals surface area (Å²) in [7, 11) is 1.70. The van der Waals surface area contributed by atoms with E-state index in [-0.39, 0.29) is 18.0 Å². The predicted octanol–water partition coefficient (Wildman–Crippen LogP) is 2.21. The number of methoxy groups -OCH3 is 1. The van der Waals surface area contributed by atoms with Crippen LogP contribution in [0.1, 0.15) is 6.42 Å². The zero-order chi connectivity index (χ0) is 24.2. The second-order valence-electron chi connectivity index (χ2n) is 8.77. The minimum atomic E-state index is -0.290. The van der Waals surface area contributed by atoms with Gasteiger partial charge in [-0.05, 0) is 31.2 Å². The van der Waals surface area contributed by atoms with Crippen LogP contribution < -0.4 is 20.5 Å². The van der Waals surface area contributed by atoms with Crippen molar-refractivity contribution in [2.24, 2.45) is 0 Å². The standard InChI is InChI=1S/C26H30N6O3/c1-35-23-10-5-4-9-22(23)31-15-13-30(14-16-31)12-6-11-27-24(33)18-32-26(34)25-20(17-28-32)19-7-2-3-8-21(19)29-25/h2-5,7-10,17,29H,6,11-16,18H2,1H3,(H,27,33). The number of H-pyrrole nitrogens is 1. The van der Waals surface area contributed by atoms with Gasteiger partial charge in [-0.15, -0.1) is 0 Å². The highest BCUT2D eigenvalue weighted by atomic mass is 16.5. The molecule has 1 amide bonds. The summed E-state index contributed by atoms with van der Waals surface area (Å²) < 4.78 is 6.70. The molecule has 9 heteroatoms. The normalized spacial score (nSPS) is 14.5. The van der Waals surface area contributed by atoms with Gasteiger partial charge >= 0.3 is 0 Å². The Morgan fingerprint density at radius 1 is 1.06 bits per heavy atom. The molecule has 0 bridgehead atoms. The fraction of sp³-hybridized carbons (Fsp3) is 0.346. The van der Waals surface area contributed by atoms with Crippen molar-refractivity contribution >= 4 is 33.4 Å². The monoisotopic (exact) mass is 474 g/mol. The van der Waals surface area contributed by atoms with Crippen LogP contribution >= 0.6 is 0 Å². The maximum atomic E-state index is 12.8. The molecule has 35 heavy (non-hydrogen) atoms. The third-order valence-electron chi connectivity index (χ3n) is 6.59. The molecule has 0 radical (unpaired) electrons. The van der Waals surface area contributed by atoms with Crippen molar-refractivity contribution < 1.29 is 9.53 Å². The van der Waals surface area contributed by atoms with Crippen molar-refractivity contribution in [3.8, 4) is 5.75 Å². The van der Waals surface area contributed by atoms with Crippen LogP contribution in [0.3, 0.4) is 0 Å². The molecule has 1 fully saturated rings. The number of hydrogen-bond donors (Lipinski definition) is 2. The smallest absolute Gasteiger partial charge is 0.291 e. The number of benzene rings is 2. The van der Waals surface area contributed by atoms with E-state index in [0.717, 1.165) is 66.9 Å². The topological polar surface area (TPSA) is 95.5 Å². The van der Waals surface area contributed by atoms with E-state index in [0.29, 0.717) is 12.1 Å². The summed E-state index contributed by atoms with van der Waals surface area (Å²) in [5.41, 5.74) is 2.20. The molecule has 2 N–H and O–H groups in total. The molecular weight excluding hydrogens is 444 g/mol. The average molecular weight is 475 g/mol. The molecule has 0 spiro atoms. The van der Waals surface area contributed by atoms with Gasteiger partial charge in [0, 0.05) is 49.0 Å². The SMILES string of the molecule is COc1ccccc1N1CCN(CCCNC(=O)Cn2ncc3c([nH]c4ccccc43)c2=O)CC1. The predicted molar refractivity (Wildman–Crippen MR) is 137 cm³/mol. The quantitative estimate of drug-likeness (QED) is 0.380. The lowest BCUT2D eigenvalue weighted by atomic mass is 10.2. The third-order valence-corrected chi connectivity index (χ3v) is 6.59. The Bertz CT molecular complexity index is 1390.